The second-order valence-corrected chi connectivity index (χ2v) is 9.66. The Kier molecular flexibility index (Phi) is 8.72. The third kappa shape index (κ3) is 6.16. The predicted molar refractivity (Wildman–Crippen MR) is 130 cm³/mol. The van der Waals surface area contributed by atoms with Crippen molar-refractivity contribution in [2.75, 3.05) is 5.32 Å². The van der Waals surface area contributed by atoms with Gasteiger partial charge in [0.2, 0.25) is 5.91 Å². The van der Waals surface area contributed by atoms with E-state index in [9.17, 15) is 18.0 Å². The maximum absolute atomic E-state index is 13.9. The Balaban J connectivity index is 2.08. The van der Waals surface area contributed by atoms with Gasteiger partial charge in [0.25, 0.3) is 0 Å². The fourth-order valence-corrected chi connectivity index (χ4v) is 4.53. The van der Waals surface area contributed by atoms with Crippen molar-refractivity contribution in [3.05, 3.63) is 41.2 Å². The van der Waals surface area contributed by atoms with Gasteiger partial charge in [0, 0.05) is 34.9 Å². The highest BCUT2D eigenvalue weighted by atomic mass is 19.4. The number of aromatic nitrogens is 2. The lowest BCUT2D eigenvalue weighted by Gasteiger charge is -2.25. The van der Waals surface area contributed by atoms with Gasteiger partial charge in [-0.3, -0.25) is 9.78 Å². The molecule has 0 radical (unpaired) electrons. The third-order valence-electron chi connectivity index (χ3n) is 6.80. The number of rotatable bonds is 10. The van der Waals surface area contributed by atoms with Gasteiger partial charge < -0.3 is 5.32 Å². The van der Waals surface area contributed by atoms with Crippen LogP contribution in [-0.4, -0.2) is 15.9 Å². The zero-order valence-electron chi connectivity index (χ0n) is 20.6. The molecule has 2 aromatic rings. The van der Waals surface area contributed by atoms with Crippen LogP contribution in [0.5, 0.6) is 0 Å². The molecule has 7 heteroatoms. The van der Waals surface area contributed by atoms with Crippen LogP contribution >= 0.6 is 0 Å². The first-order valence-electron chi connectivity index (χ1n) is 12.5. The van der Waals surface area contributed by atoms with Crippen molar-refractivity contribution in [1.29, 1.82) is 0 Å². The van der Waals surface area contributed by atoms with Crippen LogP contribution < -0.4 is 5.32 Å². The minimum absolute atomic E-state index is 0.0165. The van der Waals surface area contributed by atoms with E-state index >= 15 is 0 Å². The normalized spacial score (nSPS) is 15.3. The van der Waals surface area contributed by atoms with E-state index in [0.29, 0.717) is 22.6 Å². The van der Waals surface area contributed by atoms with E-state index < -0.39 is 11.7 Å². The third-order valence-corrected chi connectivity index (χ3v) is 6.80. The summed E-state index contributed by atoms with van der Waals surface area (Å²) in [5.41, 5.74) is 1.38. The van der Waals surface area contributed by atoms with Gasteiger partial charge in [-0.1, -0.05) is 53.4 Å². The van der Waals surface area contributed by atoms with E-state index in [1.807, 2.05) is 20.8 Å². The summed E-state index contributed by atoms with van der Waals surface area (Å²) in [7, 11) is 0. The van der Waals surface area contributed by atoms with E-state index in [1.54, 1.807) is 6.07 Å². The van der Waals surface area contributed by atoms with E-state index in [-0.39, 0.29) is 29.4 Å². The maximum atomic E-state index is 13.9. The number of alkyl halides is 3. The molecule has 3 rings (SSSR count). The summed E-state index contributed by atoms with van der Waals surface area (Å²) >= 11 is 0. The molecular weight excluding hydrogens is 439 g/mol. The van der Waals surface area contributed by atoms with E-state index in [2.05, 4.69) is 17.2 Å². The Morgan fingerprint density at radius 1 is 1.18 bits per heavy atom. The molecule has 34 heavy (non-hydrogen) atoms. The van der Waals surface area contributed by atoms with Crippen molar-refractivity contribution >= 4 is 11.7 Å². The molecule has 0 saturated heterocycles. The summed E-state index contributed by atoms with van der Waals surface area (Å²) in [4.78, 5) is 21.7. The van der Waals surface area contributed by atoms with Crippen LogP contribution in [0.15, 0.2) is 24.4 Å². The number of carbonyl (C=O) groups is 1. The van der Waals surface area contributed by atoms with Crippen molar-refractivity contribution in [2.24, 2.45) is 5.92 Å². The van der Waals surface area contributed by atoms with E-state index in [0.717, 1.165) is 57.4 Å². The predicted octanol–water partition coefficient (Wildman–Crippen LogP) is 8.10. The minimum atomic E-state index is -4.47. The van der Waals surface area contributed by atoms with Gasteiger partial charge in [0.1, 0.15) is 5.82 Å². The van der Waals surface area contributed by atoms with Gasteiger partial charge in [0.05, 0.1) is 11.3 Å². The Bertz CT molecular complexity index is 984. The Hall–Kier alpha value is -2.44. The average molecular weight is 476 g/mol. The maximum Gasteiger partial charge on any atom is 0.416 e. The molecule has 0 bridgehead atoms. The van der Waals surface area contributed by atoms with Crippen molar-refractivity contribution in [3.63, 3.8) is 0 Å². The molecule has 2 aromatic heterocycles. The van der Waals surface area contributed by atoms with Crippen molar-refractivity contribution in [1.82, 2.24) is 9.97 Å². The van der Waals surface area contributed by atoms with E-state index in [4.69, 9.17) is 4.98 Å². The highest BCUT2D eigenvalue weighted by Crippen LogP contribution is 2.39. The number of hydrogen-bond acceptors (Lipinski definition) is 3. The highest BCUT2D eigenvalue weighted by molar-refractivity contribution is 5.93. The number of amides is 1. The number of carbonyl (C=O) groups excluding carboxylic acids is 1. The Morgan fingerprint density at radius 2 is 1.91 bits per heavy atom. The number of unbranched alkanes of at least 4 members (excludes halogenated alkanes) is 2. The van der Waals surface area contributed by atoms with E-state index in [1.165, 1.54) is 12.3 Å². The summed E-state index contributed by atoms with van der Waals surface area (Å²) in [6, 6.07) is 4.04. The van der Waals surface area contributed by atoms with Crippen molar-refractivity contribution < 1.29 is 18.0 Å². The molecule has 0 spiro atoms. The topological polar surface area (TPSA) is 54.9 Å². The molecule has 1 amide bonds. The highest BCUT2D eigenvalue weighted by Gasteiger charge is 2.33. The quantitative estimate of drug-likeness (QED) is 0.353. The lowest BCUT2D eigenvalue weighted by atomic mass is 9.84. The first kappa shape index (κ1) is 26.2. The number of anilines is 1. The first-order chi connectivity index (χ1) is 16.2. The number of halogens is 3. The van der Waals surface area contributed by atoms with Gasteiger partial charge in [-0.25, -0.2) is 4.98 Å². The smallest absolute Gasteiger partial charge is 0.310 e. The van der Waals surface area contributed by atoms with Gasteiger partial charge in [-0.15, -0.1) is 0 Å². The minimum Gasteiger partial charge on any atom is -0.310 e. The summed E-state index contributed by atoms with van der Waals surface area (Å²) in [5, 5.41) is 2.93. The zero-order chi connectivity index (χ0) is 24.9. The molecule has 0 aliphatic heterocycles. The molecule has 1 atom stereocenters. The molecule has 0 aromatic carbocycles. The van der Waals surface area contributed by atoms with Gasteiger partial charge >= 0.3 is 6.18 Å². The standard InChI is InChI=1S/C27H36F3N3O/c1-5-7-8-10-18(6-2)22-15-20(27(28,29)30)16-23(32-22)21-13-14-31-25(24(21)17(3)4)33-26(34)19-11-9-12-19/h13-19H,5-12H2,1-4H3,(H,31,33,34). The molecule has 4 nitrogen and oxygen atoms in total. The fraction of sp³-hybridized carbons (Fsp3) is 0.593. The SMILES string of the molecule is CCCCCC(CC)c1cc(C(F)(F)F)cc(-c2ccnc(NC(=O)C3CCC3)c2C(C)C)n1. The number of pyridine rings is 2. The largest absolute Gasteiger partial charge is 0.416 e. The second kappa shape index (κ2) is 11.3. The average Bonchev–Trinajstić information content (AvgIpc) is 2.74. The number of nitrogens with zero attached hydrogens (tertiary/aromatic N) is 2. The summed E-state index contributed by atoms with van der Waals surface area (Å²) in [5.74, 6) is 0.233. The first-order valence-corrected chi connectivity index (χ1v) is 12.5. The van der Waals surface area contributed by atoms with Crippen LogP contribution in [0.1, 0.15) is 108 Å². The Morgan fingerprint density at radius 3 is 2.47 bits per heavy atom. The molecule has 1 saturated carbocycles. The van der Waals surface area contributed by atoms with Crippen molar-refractivity contribution in [2.45, 2.75) is 97.1 Å². The second-order valence-electron chi connectivity index (χ2n) is 9.66. The number of nitrogens with one attached hydrogen (secondary N) is 1. The molecule has 1 aliphatic rings. The van der Waals surface area contributed by atoms with Crippen LogP contribution in [0.25, 0.3) is 11.3 Å². The van der Waals surface area contributed by atoms with Gasteiger partial charge in [-0.05, 0) is 49.8 Å². The molecule has 1 unspecified atom stereocenters. The number of hydrogen-bond donors (Lipinski definition) is 1. The van der Waals surface area contributed by atoms with Crippen LogP contribution in [0, 0.1) is 5.92 Å². The van der Waals surface area contributed by atoms with Crippen LogP contribution in [0.4, 0.5) is 19.0 Å². The van der Waals surface area contributed by atoms with Gasteiger partial charge in [0.15, 0.2) is 0 Å². The summed E-state index contributed by atoms with van der Waals surface area (Å²) in [6.45, 7) is 8.01. The molecule has 1 N–H and O–H groups in total. The van der Waals surface area contributed by atoms with Crippen LogP contribution in [0.2, 0.25) is 0 Å². The molecule has 1 fully saturated rings. The lowest BCUT2D eigenvalue weighted by molar-refractivity contribution is -0.137. The fourth-order valence-electron chi connectivity index (χ4n) is 4.53. The molecule has 1 aliphatic carbocycles. The molecule has 186 valence electrons. The molecular formula is C27H36F3N3O. The van der Waals surface area contributed by atoms with Gasteiger partial charge in [-0.2, -0.15) is 13.2 Å². The lowest BCUT2D eigenvalue weighted by Crippen LogP contribution is -2.29. The van der Waals surface area contributed by atoms with Crippen molar-refractivity contribution in [3.8, 4) is 11.3 Å². The Labute approximate surface area is 200 Å². The monoisotopic (exact) mass is 475 g/mol. The zero-order valence-corrected chi connectivity index (χ0v) is 20.6. The van der Waals surface area contributed by atoms with Crippen LogP contribution in [0.3, 0.4) is 0 Å². The van der Waals surface area contributed by atoms with Crippen LogP contribution in [-0.2, 0) is 11.0 Å². The summed E-state index contributed by atoms with van der Waals surface area (Å²) in [6.07, 6.45) is 4.44. The molecule has 2 heterocycles. The summed E-state index contributed by atoms with van der Waals surface area (Å²) < 4.78 is 41.7.